The molecule has 0 amide bonds. The second-order valence-corrected chi connectivity index (χ2v) is 25.7. The first-order chi connectivity index (χ1) is 49.0. The summed E-state index contributed by atoms with van der Waals surface area (Å²) in [6, 6.07) is 111. The molecule has 0 fully saturated rings. The molecule has 22 rings (SSSR count). The molecule has 0 atom stereocenters. The summed E-state index contributed by atoms with van der Waals surface area (Å²) in [5.74, 6) is 0.610. The summed E-state index contributed by atoms with van der Waals surface area (Å²) in [5.41, 5.74) is 22.4. The standard InChI is InChI=1S/C44H26N4O.C28H16ClN3O.C17H12/c1-2-14-30(15-3-1)47-36-19-9-6-16-31(36)33-23-22-29(26-38(33)47)41-43-42(34-18-8-11-21-40(34)49-43)46-44(45-41)48-37-20-10-7-17-32(37)35-24-27-12-4-5-13-28(27)25-39(35)48;29-28-30-25(27-26(31-28)21-11-5-7-13-24(21)33-27)17-14-15-20-19-10-4-6-12-22(19)32(23(20)16-17)18-8-2-1-3-9-18;1-2-6-13-11-17-15(9-12(13)5-1)10-14-7-3-4-8-16(14)17/h1-26H;1-16H;1-9,11H,10H2. The Morgan fingerprint density at radius 2 is 0.707 bits per heavy atom. The molecule has 1 aliphatic carbocycles. The number of fused-ring (bicyclic) bond motifs is 20. The second-order valence-electron chi connectivity index (χ2n) is 25.4. The fourth-order valence-electron chi connectivity index (χ4n) is 15.3. The van der Waals surface area contributed by atoms with Crippen molar-refractivity contribution in [2.45, 2.75) is 6.42 Å². The molecule has 14 aromatic carbocycles. The van der Waals surface area contributed by atoms with E-state index in [1.165, 1.54) is 76.1 Å². The van der Waals surface area contributed by atoms with Crippen molar-refractivity contribution >= 4 is 143 Å². The summed E-state index contributed by atoms with van der Waals surface area (Å²) in [5, 5.41) is 14.3. The number of para-hydroxylation sites is 7. The van der Waals surface area contributed by atoms with Gasteiger partial charge in [0, 0.05) is 65.6 Å². The minimum absolute atomic E-state index is 0.202. The van der Waals surface area contributed by atoms with Crippen LogP contribution in [0.4, 0.5) is 0 Å². The van der Waals surface area contributed by atoms with E-state index in [1.54, 1.807) is 0 Å². The van der Waals surface area contributed by atoms with Crippen LogP contribution in [0.15, 0.2) is 324 Å². The quantitative estimate of drug-likeness (QED) is 0.159. The maximum Gasteiger partial charge on any atom is 0.236 e. The molecule has 0 bridgehead atoms. The lowest BCUT2D eigenvalue weighted by molar-refractivity contribution is 0.666. The summed E-state index contributed by atoms with van der Waals surface area (Å²) in [6.45, 7) is 0. The van der Waals surface area contributed by atoms with Gasteiger partial charge in [0.15, 0.2) is 11.2 Å². The first-order valence-corrected chi connectivity index (χ1v) is 33.6. The topological polar surface area (TPSA) is 92.6 Å². The van der Waals surface area contributed by atoms with E-state index in [4.69, 9.17) is 30.4 Å². The first-order valence-electron chi connectivity index (χ1n) is 33.2. The minimum Gasteiger partial charge on any atom is -0.452 e. The van der Waals surface area contributed by atoms with Gasteiger partial charge in [-0.15, -0.1) is 0 Å². The van der Waals surface area contributed by atoms with E-state index >= 15 is 0 Å². The van der Waals surface area contributed by atoms with Crippen molar-refractivity contribution in [3.05, 3.63) is 332 Å². The van der Waals surface area contributed by atoms with Crippen molar-refractivity contribution in [1.29, 1.82) is 0 Å². The smallest absolute Gasteiger partial charge is 0.236 e. The van der Waals surface area contributed by atoms with Crippen LogP contribution in [0.25, 0.3) is 182 Å². The van der Waals surface area contributed by atoms with Gasteiger partial charge in [0.25, 0.3) is 0 Å². The molecule has 0 N–H and O–H groups in total. The monoisotopic (exact) mass is 1290 g/mol. The summed E-state index contributed by atoms with van der Waals surface area (Å²) in [7, 11) is 0. The van der Waals surface area contributed by atoms with Crippen molar-refractivity contribution in [2.24, 2.45) is 0 Å². The van der Waals surface area contributed by atoms with Crippen molar-refractivity contribution in [3.63, 3.8) is 0 Å². The summed E-state index contributed by atoms with van der Waals surface area (Å²) >= 11 is 6.37. The third-order valence-electron chi connectivity index (χ3n) is 19.7. The SMILES string of the molecule is Clc1nc(-c2ccc3c4ccccc4n(-c4ccccc4)c3c2)c2oc3ccccc3c2n1.c1ccc(-n2c3ccccc3c3ccc(-c4nc(-n5c6ccccc6c6cc7ccccc7cc65)nc5c4oc4ccccc45)cc32)cc1.c1ccc2c(c1)Cc1cc3ccccc3cc1-2. The normalized spacial score (nSPS) is 12.1. The number of benzene rings is 14. The van der Waals surface area contributed by atoms with Crippen LogP contribution in [0, 0.1) is 0 Å². The van der Waals surface area contributed by atoms with Crippen LogP contribution in [0.5, 0.6) is 0 Å². The minimum atomic E-state index is 0.202. The summed E-state index contributed by atoms with van der Waals surface area (Å²) in [4.78, 5) is 19.7. The molecule has 0 saturated heterocycles. The van der Waals surface area contributed by atoms with Crippen molar-refractivity contribution < 1.29 is 8.83 Å². The molecular weight excluding hydrogens is 1230 g/mol. The first kappa shape index (κ1) is 56.4. The molecule has 0 radical (unpaired) electrons. The molecule has 0 saturated carbocycles. The zero-order valence-electron chi connectivity index (χ0n) is 53.1. The van der Waals surface area contributed by atoms with E-state index in [0.29, 0.717) is 22.8 Å². The molecule has 10 heteroatoms. The van der Waals surface area contributed by atoms with Gasteiger partial charge in [0.1, 0.15) is 33.6 Å². The third kappa shape index (κ3) is 9.16. The molecule has 99 heavy (non-hydrogen) atoms. The van der Waals surface area contributed by atoms with Crippen LogP contribution in [-0.2, 0) is 6.42 Å². The van der Waals surface area contributed by atoms with E-state index in [0.717, 1.165) is 101 Å². The van der Waals surface area contributed by atoms with Crippen LogP contribution in [0.2, 0.25) is 5.28 Å². The van der Waals surface area contributed by atoms with Gasteiger partial charge in [0.05, 0.1) is 33.1 Å². The average Bonchev–Trinajstić information content (AvgIpc) is 1.59. The summed E-state index contributed by atoms with van der Waals surface area (Å²) in [6.07, 6.45) is 1.08. The van der Waals surface area contributed by atoms with E-state index in [2.05, 4.69) is 291 Å². The predicted molar refractivity (Wildman–Crippen MR) is 407 cm³/mol. The van der Waals surface area contributed by atoms with E-state index < -0.39 is 0 Å². The van der Waals surface area contributed by atoms with E-state index in [9.17, 15) is 0 Å². The molecule has 0 spiro atoms. The molecular formula is C89H54ClN7O2. The van der Waals surface area contributed by atoms with Crippen LogP contribution in [0.1, 0.15) is 11.1 Å². The molecule has 21 aromatic rings. The largest absolute Gasteiger partial charge is 0.452 e. The molecule has 1 aliphatic rings. The fourth-order valence-corrected chi connectivity index (χ4v) is 15.4. The fraction of sp³-hybridized carbons (Fsp3) is 0.0112. The number of aromatic nitrogens is 7. The third-order valence-corrected chi connectivity index (χ3v) is 19.9. The van der Waals surface area contributed by atoms with Gasteiger partial charge < -0.3 is 18.0 Å². The van der Waals surface area contributed by atoms with Crippen LogP contribution < -0.4 is 0 Å². The number of nitrogens with zero attached hydrogens (tertiary/aromatic N) is 7. The van der Waals surface area contributed by atoms with E-state index in [-0.39, 0.29) is 5.28 Å². The average molecular weight is 1290 g/mol. The Kier molecular flexibility index (Phi) is 12.9. The maximum atomic E-state index is 6.59. The van der Waals surface area contributed by atoms with Crippen molar-refractivity contribution in [3.8, 4) is 51.0 Å². The van der Waals surface area contributed by atoms with Gasteiger partial charge in [-0.25, -0.2) is 19.9 Å². The number of furan rings is 2. The Hall–Kier alpha value is -13.0. The highest BCUT2D eigenvalue weighted by molar-refractivity contribution is 6.29. The van der Waals surface area contributed by atoms with E-state index in [1.807, 2.05) is 48.5 Å². The van der Waals surface area contributed by atoms with Gasteiger partial charge in [-0.05, 0) is 159 Å². The number of hydrogen-bond acceptors (Lipinski definition) is 6. The van der Waals surface area contributed by atoms with Crippen LogP contribution in [0.3, 0.4) is 0 Å². The Morgan fingerprint density at radius 3 is 1.29 bits per heavy atom. The molecule has 7 heterocycles. The molecule has 0 unspecified atom stereocenters. The van der Waals surface area contributed by atoms with Crippen molar-refractivity contribution in [1.82, 2.24) is 33.6 Å². The van der Waals surface area contributed by atoms with Gasteiger partial charge in [-0.2, -0.15) is 0 Å². The highest BCUT2D eigenvalue weighted by Gasteiger charge is 2.25. The zero-order chi connectivity index (χ0) is 65.2. The number of hydrogen-bond donors (Lipinski definition) is 0. The molecule has 7 aromatic heterocycles. The number of halogens is 1. The Bertz CT molecular complexity index is 6860. The predicted octanol–water partition coefficient (Wildman–Crippen LogP) is 23.6. The van der Waals surface area contributed by atoms with Crippen LogP contribution in [-0.4, -0.2) is 33.6 Å². The Labute approximate surface area is 570 Å². The Morgan fingerprint density at radius 1 is 0.283 bits per heavy atom. The van der Waals surface area contributed by atoms with Gasteiger partial charge in [-0.1, -0.05) is 218 Å². The molecule has 464 valence electrons. The molecule has 0 aliphatic heterocycles. The molecule has 9 nitrogen and oxygen atoms in total. The van der Waals surface area contributed by atoms with Crippen molar-refractivity contribution in [2.75, 3.05) is 0 Å². The van der Waals surface area contributed by atoms with Gasteiger partial charge in [0.2, 0.25) is 11.2 Å². The second kappa shape index (κ2) is 22.6. The maximum absolute atomic E-state index is 6.59. The van der Waals surface area contributed by atoms with Crippen LogP contribution >= 0.6 is 11.6 Å². The zero-order valence-corrected chi connectivity index (χ0v) is 53.8. The number of rotatable bonds is 5. The Balaban J connectivity index is 0.000000113. The lowest BCUT2D eigenvalue weighted by Crippen LogP contribution is -2.03. The lowest BCUT2D eigenvalue weighted by atomic mass is 10.0. The summed E-state index contributed by atoms with van der Waals surface area (Å²) < 4.78 is 19.6. The highest BCUT2D eigenvalue weighted by atomic mass is 35.5. The lowest BCUT2D eigenvalue weighted by Gasteiger charge is -2.11. The van der Waals surface area contributed by atoms with Gasteiger partial charge >= 0.3 is 0 Å². The highest BCUT2D eigenvalue weighted by Crippen LogP contribution is 2.44. The van der Waals surface area contributed by atoms with Gasteiger partial charge in [-0.3, -0.25) is 4.57 Å².